The molecule has 20 heavy (non-hydrogen) atoms. The maximum atomic E-state index is 12.5. The van der Waals surface area contributed by atoms with Crippen LogP contribution in [0.4, 0.5) is 5.69 Å². The first-order valence-electron chi connectivity index (χ1n) is 5.99. The van der Waals surface area contributed by atoms with E-state index in [0.29, 0.717) is 17.1 Å². The molecule has 2 heterocycles. The standard InChI is InChI=1S/C14H10BrNO3S/c15-12-4-3-11(20-12)13(17)16-6-5-8-1-2-9(14(18)19)7-10(8)16/h1-4,7H,5-6H2,(H,18,19). The summed E-state index contributed by atoms with van der Waals surface area (Å²) in [5.41, 5.74) is 1.93. The lowest BCUT2D eigenvalue weighted by Crippen LogP contribution is -2.28. The Morgan fingerprint density at radius 3 is 2.70 bits per heavy atom. The first-order valence-corrected chi connectivity index (χ1v) is 7.60. The third-order valence-corrected chi connectivity index (χ3v) is 4.87. The molecule has 2 aromatic rings. The lowest BCUT2D eigenvalue weighted by Gasteiger charge is -2.16. The summed E-state index contributed by atoms with van der Waals surface area (Å²) in [6.45, 7) is 0.590. The summed E-state index contributed by atoms with van der Waals surface area (Å²) in [4.78, 5) is 25.8. The van der Waals surface area contributed by atoms with Crippen LogP contribution in [0.2, 0.25) is 0 Å². The molecule has 0 fully saturated rings. The van der Waals surface area contributed by atoms with E-state index in [1.165, 1.54) is 11.3 Å². The molecule has 1 aromatic carbocycles. The maximum Gasteiger partial charge on any atom is 0.335 e. The molecule has 0 saturated heterocycles. The van der Waals surface area contributed by atoms with E-state index in [4.69, 9.17) is 5.11 Å². The number of amides is 1. The highest BCUT2D eigenvalue weighted by molar-refractivity contribution is 9.11. The van der Waals surface area contributed by atoms with E-state index in [9.17, 15) is 9.59 Å². The summed E-state index contributed by atoms with van der Waals surface area (Å²) in [7, 11) is 0. The molecule has 6 heteroatoms. The van der Waals surface area contributed by atoms with E-state index in [1.807, 2.05) is 6.07 Å². The number of carboxylic acid groups (broad SMARTS) is 1. The van der Waals surface area contributed by atoms with Crippen molar-refractivity contribution in [2.45, 2.75) is 6.42 Å². The molecular weight excluding hydrogens is 342 g/mol. The Morgan fingerprint density at radius 2 is 2.05 bits per heavy atom. The van der Waals surface area contributed by atoms with Crippen molar-refractivity contribution in [1.82, 2.24) is 0 Å². The van der Waals surface area contributed by atoms with Gasteiger partial charge in [-0.3, -0.25) is 4.79 Å². The second kappa shape index (κ2) is 5.03. The second-order valence-electron chi connectivity index (χ2n) is 4.46. The molecule has 1 N–H and O–H groups in total. The summed E-state index contributed by atoms with van der Waals surface area (Å²) in [6, 6.07) is 8.55. The Kier molecular flexibility index (Phi) is 3.35. The third-order valence-electron chi connectivity index (χ3n) is 3.26. The van der Waals surface area contributed by atoms with Gasteiger partial charge in [-0.25, -0.2) is 4.79 Å². The monoisotopic (exact) mass is 351 g/mol. The molecule has 0 radical (unpaired) electrons. The number of thiophene rings is 1. The number of carbonyl (C=O) groups excluding carboxylic acids is 1. The predicted octanol–water partition coefficient (Wildman–Crippen LogP) is 3.41. The topological polar surface area (TPSA) is 57.6 Å². The van der Waals surface area contributed by atoms with Crippen LogP contribution in [-0.4, -0.2) is 23.5 Å². The number of nitrogens with zero attached hydrogens (tertiary/aromatic N) is 1. The SMILES string of the molecule is O=C(O)c1ccc2c(c1)N(C(=O)c1ccc(Br)s1)CC2. The Labute approximate surface area is 127 Å². The highest BCUT2D eigenvalue weighted by atomic mass is 79.9. The number of halogens is 1. The van der Waals surface area contributed by atoms with Crippen molar-refractivity contribution < 1.29 is 14.7 Å². The normalized spacial score (nSPS) is 13.3. The number of benzene rings is 1. The number of carbonyl (C=O) groups is 2. The van der Waals surface area contributed by atoms with Crippen LogP contribution in [0.25, 0.3) is 0 Å². The Balaban J connectivity index is 1.97. The van der Waals surface area contributed by atoms with Crippen LogP contribution in [0, 0.1) is 0 Å². The molecule has 4 nitrogen and oxygen atoms in total. The van der Waals surface area contributed by atoms with Crippen LogP contribution < -0.4 is 4.90 Å². The summed E-state index contributed by atoms with van der Waals surface area (Å²) < 4.78 is 0.902. The van der Waals surface area contributed by atoms with Crippen LogP contribution in [-0.2, 0) is 6.42 Å². The lowest BCUT2D eigenvalue weighted by molar-refractivity contribution is 0.0696. The van der Waals surface area contributed by atoms with Gasteiger partial charge in [0.05, 0.1) is 14.2 Å². The largest absolute Gasteiger partial charge is 0.478 e. The van der Waals surface area contributed by atoms with E-state index in [2.05, 4.69) is 15.9 Å². The van der Waals surface area contributed by atoms with E-state index < -0.39 is 5.97 Å². The fourth-order valence-electron chi connectivity index (χ4n) is 2.29. The average molecular weight is 352 g/mol. The highest BCUT2D eigenvalue weighted by Gasteiger charge is 2.27. The van der Waals surface area contributed by atoms with Gasteiger partial charge in [0.2, 0.25) is 0 Å². The smallest absolute Gasteiger partial charge is 0.335 e. The van der Waals surface area contributed by atoms with Gasteiger partial charge in [-0.1, -0.05) is 6.07 Å². The number of rotatable bonds is 2. The van der Waals surface area contributed by atoms with Gasteiger partial charge in [-0.2, -0.15) is 0 Å². The van der Waals surface area contributed by atoms with Gasteiger partial charge >= 0.3 is 5.97 Å². The molecule has 0 aliphatic carbocycles. The first-order chi connectivity index (χ1) is 9.56. The quantitative estimate of drug-likeness (QED) is 0.901. The predicted molar refractivity (Wildman–Crippen MR) is 80.8 cm³/mol. The second-order valence-corrected chi connectivity index (χ2v) is 6.92. The van der Waals surface area contributed by atoms with Crippen LogP contribution in [0.1, 0.15) is 25.6 Å². The molecule has 3 rings (SSSR count). The average Bonchev–Trinajstić information content (AvgIpc) is 3.03. The summed E-state index contributed by atoms with van der Waals surface area (Å²) in [5.74, 6) is -1.06. The van der Waals surface area contributed by atoms with Gasteiger partial charge in [0.1, 0.15) is 0 Å². The zero-order chi connectivity index (χ0) is 14.3. The number of carboxylic acids is 1. The molecule has 1 amide bonds. The van der Waals surface area contributed by atoms with Crippen molar-refractivity contribution in [3.63, 3.8) is 0 Å². The van der Waals surface area contributed by atoms with Crippen molar-refractivity contribution in [3.8, 4) is 0 Å². The van der Waals surface area contributed by atoms with E-state index >= 15 is 0 Å². The van der Waals surface area contributed by atoms with Crippen molar-refractivity contribution >= 4 is 44.8 Å². The third kappa shape index (κ3) is 2.25. The summed E-state index contributed by atoms with van der Waals surface area (Å²) in [5, 5.41) is 9.05. The molecule has 0 spiro atoms. The Hall–Kier alpha value is -1.66. The molecule has 1 aliphatic rings. The molecular formula is C14H10BrNO3S. The fraction of sp³-hybridized carbons (Fsp3) is 0.143. The van der Waals surface area contributed by atoms with Gasteiger partial charge in [0, 0.05) is 12.2 Å². The van der Waals surface area contributed by atoms with E-state index in [1.54, 1.807) is 29.2 Å². The summed E-state index contributed by atoms with van der Waals surface area (Å²) in [6.07, 6.45) is 0.757. The minimum atomic E-state index is -0.981. The van der Waals surface area contributed by atoms with Crippen LogP contribution in [0.5, 0.6) is 0 Å². The molecule has 1 aliphatic heterocycles. The van der Waals surface area contributed by atoms with Crippen molar-refractivity contribution in [2.75, 3.05) is 11.4 Å². The van der Waals surface area contributed by atoms with Gasteiger partial charge in [-0.15, -0.1) is 11.3 Å². The van der Waals surface area contributed by atoms with Gasteiger partial charge in [0.15, 0.2) is 0 Å². The van der Waals surface area contributed by atoms with Gasteiger partial charge < -0.3 is 10.0 Å². The number of hydrogen-bond acceptors (Lipinski definition) is 3. The number of aromatic carboxylic acids is 1. The minimum absolute atomic E-state index is 0.0815. The number of anilines is 1. The van der Waals surface area contributed by atoms with Gasteiger partial charge in [-0.05, 0) is 52.2 Å². The number of fused-ring (bicyclic) bond motifs is 1. The minimum Gasteiger partial charge on any atom is -0.478 e. The molecule has 0 saturated carbocycles. The molecule has 0 atom stereocenters. The zero-order valence-corrected chi connectivity index (χ0v) is 12.7. The number of hydrogen-bond donors (Lipinski definition) is 1. The molecule has 102 valence electrons. The van der Waals surface area contributed by atoms with Crippen molar-refractivity contribution in [1.29, 1.82) is 0 Å². The Morgan fingerprint density at radius 1 is 1.25 bits per heavy atom. The van der Waals surface area contributed by atoms with Gasteiger partial charge in [0.25, 0.3) is 5.91 Å². The zero-order valence-electron chi connectivity index (χ0n) is 10.3. The Bertz CT molecular complexity index is 710. The molecule has 0 bridgehead atoms. The van der Waals surface area contributed by atoms with Crippen LogP contribution in [0.3, 0.4) is 0 Å². The molecule has 1 aromatic heterocycles. The lowest BCUT2D eigenvalue weighted by atomic mass is 10.1. The fourth-order valence-corrected chi connectivity index (χ4v) is 3.62. The van der Waals surface area contributed by atoms with Crippen LogP contribution >= 0.6 is 27.3 Å². The maximum absolute atomic E-state index is 12.5. The van der Waals surface area contributed by atoms with E-state index in [0.717, 1.165) is 15.8 Å². The summed E-state index contributed by atoms with van der Waals surface area (Å²) >= 11 is 4.72. The first kappa shape index (κ1) is 13.3. The van der Waals surface area contributed by atoms with Crippen molar-refractivity contribution in [3.05, 3.63) is 50.1 Å². The highest BCUT2D eigenvalue weighted by Crippen LogP contribution is 2.32. The van der Waals surface area contributed by atoms with Crippen LogP contribution in [0.15, 0.2) is 34.1 Å². The molecule has 0 unspecified atom stereocenters. The van der Waals surface area contributed by atoms with Crippen molar-refractivity contribution in [2.24, 2.45) is 0 Å². The van der Waals surface area contributed by atoms with E-state index in [-0.39, 0.29) is 11.5 Å².